The van der Waals surface area contributed by atoms with Crippen LogP contribution >= 0.6 is 11.5 Å². The topological polar surface area (TPSA) is 70.8 Å². The van der Waals surface area contributed by atoms with E-state index in [4.69, 9.17) is 10.00 Å². The van der Waals surface area contributed by atoms with Gasteiger partial charge in [-0.05, 0) is 24.0 Å². The average molecular weight is 260 g/mol. The number of nitriles is 1. The van der Waals surface area contributed by atoms with Crippen molar-refractivity contribution >= 4 is 16.5 Å². The molecule has 2 aromatic rings. The zero-order valence-corrected chi connectivity index (χ0v) is 10.9. The third kappa shape index (κ3) is 2.57. The normalized spacial score (nSPS) is 9.83. The van der Waals surface area contributed by atoms with Crippen LogP contribution in [0.1, 0.15) is 16.8 Å². The molecule has 0 saturated heterocycles. The summed E-state index contributed by atoms with van der Waals surface area (Å²) in [6, 6.07) is 5.88. The standard InChI is InChI=1S/C12H12N4OS/c1-8-10(5-13)12(18-16-8)15-7-9-3-4-11(17-2)14-6-9/h3-4,6,15H,7H2,1-2H3. The van der Waals surface area contributed by atoms with Gasteiger partial charge in [-0.25, -0.2) is 4.98 Å². The first-order valence-corrected chi connectivity index (χ1v) is 6.11. The van der Waals surface area contributed by atoms with Crippen molar-refractivity contribution in [2.24, 2.45) is 0 Å². The first-order chi connectivity index (χ1) is 8.74. The van der Waals surface area contributed by atoms with Crippen molar-refractivity contribution in [1.29, 1.82) is 5.26 Å². The maximum atomic E-state index is 9.00. The molecule has 0 unspecified atom stereocenters. The number of nitrogens with zero attached hydrogens (tertiary/aromatic N) is 3. The van der Waals surface area contributed by atoms with Gasteiger partial charge in [-0.3, -0.25) is 0 Å². The minimum atomic E-state index is 0.588. The van der Waals surface area contributed by atoms with Crippen molar-refractivity contribution in [3.05, 3.63) is 35.2 Å². The molecular weight excluding hydrogens is 248 g/mol. The molecule has 0 fully saturated rings. The van der Waals surface area contributed by atoms with E-state index in [1.165, 1.54) is 11.5 Å². The second-order valence-corrected chi connectivity index (χ2v) is 4.42. The largest absolute Gasteiger partial charge is 0.481 e. The number of methoxy groups -OCH3 is 1. The van der Waals surface area contributed by atoms with Crippen LogP contribution in [-0.4, -0.2) is 16.5 Å². The Kier molecular flexibility index (Phi) is 3.75. The molecule has 0 atom stereocenters. The van der Waals surface area contributed by atoms with Gasteiger partial charge in [0.15, 0.2) is 0 Å². The van der Waals surface area contributed by atoms with Crippen LogP contribution in [0.15, 0.2) is 18.3 Å². The average Bonchev–Trinajstić information content (AvgIpc) is 2.77. The Hall–Kier alpha value is -2.13. The molecule has 0 amide bonds. The fourth-order valence-corrected chi connectivity index (χ4v) is 2.18. The molecule has 0 spiro atoms. The molecule has 0 aliphatic heterocycles. The number of hydrogen-bond donors (Lipinski definition) is 1. The minimum Gasteiger partial charge on any atom is -0.481 e. The van der Waals surface area contributed by atoms with Gasteiger partial charge >= 0.3 is 0 Å². The summed E-state index contributed by atoms with van der Waals surface area (Å²) >= 11 is 1.30. The van der Waals surface area contributed by atoms with Crippen molar-refractivity contribution in [3.8, 4) is 11.9 Å². The molecule has 0 radical (unpaired) electrons. The fourth-order valence-electron chi connectivity index (χ4n) is 1.44. The number of pyridine rings is 1. The van der Waals surface area contributed by atoms with Crippen LogP contribution < -0.4 is 10.1 Å². The van der Waals surface area contributed by atoms with E-state index in [0.717, 1.165) is 16.3 Å². The summed E-state index contributed by atoms with van der Waals surface area (Å²) in [6.45, 7) is 2.43. The molecule has 0 aliphatic carbocycles. The van der Waals surface area contributed by atoms with E-state index < -0.39 is 0 Å². The number of rotatable bonds is 4. The highest BCUT2D eigenvalue weighted by atomic mass is 32.1. The van der Waals surface area contributed by atoms with Gasteiger partial charge in [-0.15, -0.1) is 0 Å². The summed E-state index contributed by atoms with van der Waals surface area (Å²) in [5.41, 5.74) is 2.39. The predicted molar refractivity (Wildman–Crippen MR) is 69.7 cm³/mol. The van der Waals surface area contributed by atoms with Crippen LogP contribution in [0.2, 0.25) is 0 Å². The number of anilines is 1. The molecule has 1 N–H and O–H groups in total. The smallest absolute Gasteiger partial charge is 0.212 e. The molecule has 0 aliphatic rings. The molecule has 0 bridgehead atoms. The lowest BCUT2D eigenvalue weighted by atomic mass is 10.2. The SMILES string of the molecule is COc1ccc(CNc2snc(C)c2C#N)cn1. The summed E-state index contributed by atoms with van der Waals surface area (Å²) < 4.78 is 9.14. The van der Waals surface area contributed by atoms with Gasteiger partial charge in [0.05, 0.1) is 12.8 Å². The lowest BCUT2D eigenvalue weighted by Gasteiger charge is -2.04. The van der Waals surface area contributed by atoms with Crippen molar-refractivity contribution in [2.75, 3.05) is 12.4 Å². The monoisotopic (exact) mass is 260 g/mol. The second kappa shape index (κ2) is 5.47. The number of aryl methyl sites for hydroxylation is 1. The number of nitrogens with one attached hydrogen (secondary N) is 1. The first kappa shape index (κ1) is 12.3. The lowest BCUT2D eigenvalue weighted by Crippen LogP contribution is -2.00. The fraction of sp³-hybridized carbons (Fsp3) is 0.250. The zero-order chi connectivity index (χ0) is 13.0. The van der Waals surface area contributed by atoms with E-state index >= 15 is 0 Å². The van der Waals surface area contributed by atoms with E-state index in [2.05, 4.69) is 20.7 Å². The van der Waals surface area contributed by atoms with Gasteiger partial charge in [0.25, 0.3) is 0 Å². The van der Waals surface area contributed by atoms with Crippen LogP contribution in [0.3, 0.4) is 0 Å². The Morgan fingerprint density at radius 2 is 2.33 bits per heavy atom. The van der Waals surface area contributed by atoms with E-state index in [1.807, 2.05) is 13.0 Å². The van der Waals surface area contributed by atoms with Crippen molar-refractivity contribution in [3.63, 3.8) is 0 Å². The third-order valence-electron chi connectivity index (χ3n) is 2.43. The van der Waals surface area contributed by atoms with Gasteiger partial charge in [-0.1, -0.05) is 6.07 Å². The second-order valence-electron chi connectivity index (χ2n) is 3.65. The Morgan fingerprint density at radius 1 is 1.50 bits per heavy atom. The molecule has 18 heavy (non-hydrogen) atoms. The van der Waals surface area contributed by atoms with E-state index in [-0.39, 0.29) is 0 Å². The van der Waals surface area contributed by atoms with Crippen molar-refractivity contribution in [2.45, 2.75) is 13.5 Å². The van der Waals surface area contributed by atoms with Crippen LogP contribution in [0.4, 0.5) is 5.00 Å². The number of ether oxygens (including phenoxy) is 1. The van der Waals surface area contributed by atoms with Gasteiger partial charge in [0, 0.05) is 18.8 Å². The molecule has 92 valence electrons. The number of aromatic nitrogens is 2. The maximum Gasteiger partial charge on any atom is 0.212 e. The van der Waals surface area contributed by atoms with Crippen molar-refractivity contribution in [1.82, 2.24) is 9.36 Å². The highest BCUT2D eigenvalue weighted by molar-refractivity contribution is 7.10. The molecule has 2 rings (SSSR count). The summed E-state index contributed by atoms with van der Waals surface area (Å²) in [6.07, 6.45) is 1.74. The molecule has 5 nitrogen and oxygen atoms in total. The highest BCUT2D eigenvalue weighted by Crippen LogP contribution is 2.23. The van der Waals surface area contributed by atoms with Crippen molar-refractivity contribution < 1.29 is 4.74 Å². The van der Waals surface area contributed by atoms with Gasteiger partial charge in [0.1, 0.15) is 16.6 Å². The van der Waals surface area contributed by atoms with Crippen LogP contribution in [0, 0.1) is 18.3 Å². The Balaban J connectivity index is 2.04. The Morgan fingerprint density at radius 3 is 2.94 bits per heavy atom. The summed E-state index contributed by atoms with van der Waals surface area (Å²) in [4.78, 5) is 4.12. The van der Waals surface area contributed by atoms with Gasteiger partial charge in [0.2, 0.25) is 5.88 Å². The predicted octanol–water partition coefficient (Wildman–Crippen LogP) is 2.34. The van der Waals surface area contributed by atoms with Crippen LogP contribution in [-0.2, 0) is 6.54 Å². The van der Waals surface area contributed by atoms with Gasteiger partial charge in [-0.2, -0.15) is 9.64 Å². The maximum absolute atomic E-state index is 9.00. The lowest BCUT2D eigenvalue weighted by molar-refractivity contribution is 0.397. The molecule has 0 saturated carbocycles. The Labute approximate surface area is 109 Å². The van der Waals surface area contributed by atoms with Crippen LogP contribution in [0.5, 0.6) is 5.88 Å². The quantitative estimate of drug-likeness (QED) is 0.913. The number of hydrogen-bond acceptors (Lipinski definition) is 6. The first-order valence-electron chi connectivity index (χ1n) is 5.33. The molecule has 2 aromatic heterocycles. The molecular formula is C12H12N4OS. The van der Waals surface area contributed by atoms with E-state index in [9.17, 15) is 0 Å². The van der Waals surface area contributed by atoms with Gasteiger partial charge < -0.3 is 10.1 Å². The van der Waals surface area contributed by atoms with E-state index in [1.54, 1.807) is 19.4 Å². The highest BCUT2D eigenvalue weighted by Gasteiger charge is 2.09. The minimum absolute atomic E-state index is 0.588. The van der Waals surface area contributed by atoms with E-state index in [0.29, 0.717) is 18.0 Å². The summed E-state index contributed by atoms with van der Waals surface area (Å²) in [5, 5.41) is 13.0. The third-order valence-corrected chi connectivity index (χ3v) is 3.33. The molecule has 2 heterocycles. The zero-order valence-electron chi connectivity index (χ0n) is 10.1. The molecule has 6 heteroatoms. The van der Waals surface area contributed by atoms with Crippen LogP contribution in [0.25, 0.3) is 0 Å². The Bertz CT molecular complexity index is 571. The molecule has 0 aromatic carbocycles. The summed E-state index contributed by atoms with van der Waals surface area (Å²) in [5.74, 6) is 0.588. The summed E-state index contributed by atoms with van der Waals surface area (Å²) in [7, 11) is 1.58.